The summed E-state index contributed by atoms with van der Waals surface area (Å²) in [6.07, 6.45) is 7.38. The summed E-state index contributed by atoms with van der Waals surface area (Å²) in [5.41, 5.74) is 2.99. The number of aromatic nitrogens is 4. The van der Waals surface area contributed by atoms with Crippen molar-refractivity contribution in [3.8, 4) is 0 Å². The van der Waals surface area contributed by atoms with Gasteiger partial charge in [-0.05, 0) is 51.5 Å². The molecule has 0 saturated carbocycles. The van der Waals surface area contributed by atoms with Crippen LogP contribution in [0.15, 0.2) is 18.2 Å². The third-order valence-electron chi connectivity index (χ3n) is 7.40. The molecule has 0 aromatic carbocycles. The third kappa shape index (κ3) is 5.07. The highest BCUT2D eigenvalue weighted by Crippen LogP contribution is 2.38. The van der Waals surface area contributed by atoms with Gasteiger partial charge in [0, 0.05) is 43.0 Å². The molecule has 2 fully saturated rings. The number of aryl methyl sites for hydroxylation is 1. The molecule has 11 heteroatoms. The number of sulfonamides is 1. The number of hydrogen-bond donors (Lipinski definition) is 2. The van der Waals surface area contributed by atoms with Gasteiger partial charge in [0.25, 0.3) is 0 Å². The monoisotopic (exact) mass is 501 g/mol. The lowest BCUT2D eigenvalue weighted by Gasteiger charge is -2.49. The van der Waals surface area contributed by atoms with Crippen molar-refractivity contribution in [2.24, 2.45) is 0 Å². The van der Waals surface area contributed by atoms with Gasteiger partial charge in [-0.3, -0.25) is 5.10 Å². The molecule has 0 radical (unpaired) electrons. The molecular formula is C24H35N7O3S. The van der Waals surface area contributed by atoms with Crippen molar-refractivity contribution >= 4 is 33.2 Å². The fourth-order valence-corrected chi connectivity index (χ4v) is 7.18. The molecule has 10 nitrogen and oxygen atoms in total. The summed E-state index contributed by atoms with van der Waals surface area (Å²) < 4.78 is 32.9. The second-order valence-corrected chi connectivity index (χ2v) is 11.9. The van der Waals surface area contributed by atoms with Gasteiger partial charge in [-0.15, -0.1) is 0 Å². The Morgan fingerprint density at radius 3 is 2.60 bits per heavy atom. The van der Waals surface area contributed by atoms with E-state index in [-0.39, 0.29) is 23.9 Å². The van der Waals surface area contributed by atoms with Crippen molar-refractivity contribution in [3.63, 3.8) is 0 Å². The van der Waals surface area contributed by atoms with Crippen LogP contribution in [0.25, 0.3) is 5.57 Å². The zero-order chi connectivity index (χ0) is 24.6. The molecule has 190 valence electrons. The Labute approximate surface area is 207 Å². The molecule has 2 bridgehead atoms. The number of rotatable bonds is 7. The zero-order valence-corrected chi connectivity index (χ0v) is 21.5. The number of fused-ring (bicyclic) bond motifs is 2. The smallest absolute Gasteiger partial charge is 0.227 e. The summed E-state index contributed by atoms with van der Waals surface area (Å²) in [6, 6.07) is 4.16. The van der Waals surface area contributed by atoms with Crippen LogP contribution in [0.2, 0.25) is 0 Å². The number of hydrogen-bond acceptors (Lipinski definition) is 8. The Bertz CT molecular complexity index is 1180. The average Bonchev–Trinajstić information content (AvgIpc) is 3.27. The van der Waals surface area contributed by atoms with Gasteiger partial charge in [0.2, 0.25) is 16.0 Å². The summed E-state index contributed by atoms with van der Waals surface area (Å²) >= 11 is 0. The van der Waals surface area contributed by atoms with Crippen molar-refractivity contribution in [3.05, 3.63) is 29.6 Å². The average molecular weight is 502 g/mol. The van der Waals surface area contributed by atoms with Gasteiger partial charge in [-0.25, -0.2) is 13.4 Å². The number of ether oxygens (including phenoxy) is 1. The molecule has 5 rings (SSSR count). The minimum absolute atomic E-state index is 0.0471. The van der Waals surface area contributed by atoms with E-state index < -0.39 is 10.0 Å². The fraction of sp³-hybridized carbons (Fsp3) is 0.625. The van der Waals surface area contributed by atoms with Crippen molar-refractivity contribution < 1.29 is 13.2 Å². The molecule has 5 heterocycles. The summed E-state index contributed by atoms with van der Waals surface area (Å²) in [5, 5.41) is 10.6. The molecule has 0 spiro atoms. The highest BCUT2D eigenvalue weighted by atomic mass is 32.2. The maximum absolute atomic E-state index is 12.8. The Morgan fingerprint density at radius 1 is 1.20 bits per heavy atom. The van der Waals surface area contributed by atoms with E-state index >= 15 is 0 Å². The number of aromatic amines is 1. The topological polar surface area (TPSA) is 116 Å². The second kappa shape index (κ2) is 9.87. The van der Waals surface area contributed by atoms with Crippen LogP contribution in [0.5, 0.6) is 0 Å². The predicted molar refractivity (Wildman–Crippen MR) is 136 cm³/mol. The summed E-state index contributed by atoms with van der Waals surface area (Å²) in [7, 11) is -1.18. The van der Waals surface area contributed by atoms with E-state index in [4.69, 9.17) is 14.7 Å². The maximum Gasteiger partial charge on any atom is 0.227 e. The molecule has 3 atom stereocenters. The molecule has 0 aliphatic carbocycles. The van der Waals surface area contributed by atoms with Gasteiger partial charge in [-0.2, -0.15) is 14.4 Å². The highest BCUT2D eigenvalue weighted by molar-refractivity contribution is 7.89. The summed E-state index contributed by atoms with van der Waals surface area (Å²) in [4.78, 5) is 11.9. The van der Waals surface area contributed by atoms with Crippen LogP contribution in [0.3, 0.4) is 0 Å². The second-order valence-electron chi connectivity index (χ2n) is 9.76. The van der Waals surface area contributed by atoms with Crippen LogP contribution in [0.4, 0.5) is 17.6 Å². The molecule has 0 amide bonds. The molecule has 3 aliphatic rings. The molecular weight excluding hydrogens is 466 g/mol. The minimum Gasteiger partial charge on any atom is -0.377 e. The predicted octanol–water partition coefficient (Wildman–Crippen LogP) is 3.23. The van der Waals surface area contributed by atoms with Gasteiger partial charge in [0.1, 0.15) is 5.82 Å². The van der Waals surface area contributed by atoms with E-state index in [9.17, 15) is 8.42 Å². The largest absolute Gasteiger partial charge is 0.377 e. The molecule has 2 saturated heterocycles. The Morgan fingerprint density at radius 2 is 1.97 bits per heavy atom. The van der Waals surface area contributed by atoms with Crippen molar-refractivity contribution in [2.45, 2.75) is 70.5 Å². The summed E-state index contributed by atoms with van der Waals surface area (Å²) in [5.74, 6) is 2.18. The van der Waals surface area contributed by atoms with Gasteiger partial charge >= 0.3 is 0 Å². The quantitative estimate of drug-likeness (QED) is 0.594. The van der Waals surface area contributed by atoms with Gasteiger partial charge in [0.05, 0.1) is 24.7 Å². The first-order valence-electron chi connectivity index (χ1n) is 12.5. The maximum atomic E-state index is 12.8. The first kappa shape index (κ1) is 24.2. The SMILES string of the molecule is CCS(=O)(=O)N1[C@@H]2CCC[C@H]1C[C@H](N(C)c1nc(Nc3cc(C)[nH]n3)cc(C3=CCOCC3)n1)C2. The van der Waals surface area contributed by atoms with Crippen LogP contribution < -0.4 is 10.2 Å². The molecule has 2 aromatic heterocycles. The Kier molecular flexibility index (Phi) is 6.82. The number of nitrogens with one attached hydrogen (secondary N) is 2. The Hall–Kier alpha value is -2.50. The van der Waals surface area contributed by atoms with E-state index in [2.05, 4.69) is 26.5 Å². The molecule has 0 unspecified atom stereocenters. The lowest BCUT2D eigenvalue weighted by molar-refractivity contribution is 0.109. The van der Waals surface area contributed by atoms with Crippen LogP contribution in [-0.2, 0) is 14.8 Å². The molecule has 2 N–H and O–H groups in total. The van der Waals surface area contributed by atoms with E-state index in [0.717, 1.165) is 55.5 Å². The number of nitrogens with zero attached hydrogens (tertiary/aromatic N) is 5. The first-order valence-corrected chi connectivity index (χ1v) is 14.1. The number of H-pyrrole nitrogens is 1. The van der Waals surface area contributed by atoms with Crippen LogP contribution in [0, 0.1) is 6.92 Å². The van der Waals surface area contributed by atoms with Crippen LogP contribution in [0.1, 0.15) is 56.8 Å². The Balaban J connectivity index is 1.44. The van der Waals surface area contributed by atoms with Gasteiger partial charge in [0.15, 0.2) is 5.82 Å². The van der Waals surface area contributed by atoms with Crippen molar-refractivity contribution in [1.29, 1.82) is 0 Å². The van der Waals surface area contributed by atoms with Gasteiger partial charge in [-0.1, -0.05) is 12.5 Å². The van der Waals surface area contributed by atoms with E-state index in [1.807, 2.05) is 30.4 Å². The van der Waals surface area contributed by atoms with E-state index in [1.165, 1.54) is 0 Å². The standard InChI is InChI=1S/C24H35N7O3S/c1-4-35(32,33)31-18-6-5-7-19(31)14-20(13-18)30(3)24-25-21(17-8-10-34-11-9-17)15-22(27-24)26-23-12-16(2)28-29-23/h8,12,15,18-20H,4-7,9-11,13-14H2,1-3H3,(H2,25,26,27,28,29)/t18-,19+,20-. The van der Waals surface area contributed by atoms with Crippen LogP contribution in [-0.4, -0.2) is 77.0 Å². The summed E-state index contributed by atoms with van der Waals surface area (Å²) in [6.45, 7) is 4.95. The van der Waals surface area contributed by atoms with Crippen molar-refractivity contribution in [2.75, 3.05) is 36.2 Å². The number of anilines is 3. The molecule has 35 heavy (non-hydrogen) atoms. The van der Waals surface area contributed by atoms with E-state index in [0.29, 0.717) is 30.8 Å². The van der Waals surface area contributed by atoms with Crippen molar-refractivity contribution in [1.82, 2.24) is 24.5 Å². The lowest BCUT2D eigenvalue weighted by atomic mass is 9.83. The lowest BCUT2D eigenvalue weighted by Crippen LogP contribution is -2.58. The van der Waals surface area contributed by atoms with E-state index in [1.54, 1.807) is 6.92 Å². The van der Waals surface area contributed by atoms with Crippen LogP contribution >= 0.6 is 0 Å². The normalized spacial score (nSPS) is 25.2. The third-order valence-corrected chi connectivity index (χ3v) is 9.37. The molecule has 2 aromatic rings. The minimum atomic E-state index is -3.21. The highest BCUT2D eigenvalue weighted by Gasteiger charge is 2.45. The fourth-order valence-electron chi connectivity index (χ4n) is 5.59. The molecule has 3 aliphatic heterocycles. The number of piperidine rings is 2. The first-order chi connectivity index (χ1) is 16.8. The zero-order valence-electron chi connectivity index (χ0n) is 20.7. The van der Waals surface area contributed by atoms with Gasteiger partial charge < -0.3 is 15.0 Å².